The lowest BCUT2D eigenvalue weighted by molar-refractivity contribution is 0.311. The quantitative estimate of drug-likeness (QED) is 0.789. The summed E-state index contributed by atoms with van der Waals surface area (Å²) in [5.41, 5.74) is 3.37. The molecule has 0 unspecified atom stereocenters. The van der Waals surface area contributed by atoms with Crippen LogP contribution < -0.4 is 5.32 Å². The number of aromatic nitrogens is 3. The first-order valence-electron chi connectivity index (χ1n) is 4.58. The molecule has 0 saturated carbocycles. The van der Waals surface area contributed by atoms with Crippen molar-refractivity contribution in [3.05, 3.63) is 16.4 Å². The summed E-state index contributed by atoms with van der Waals surface area (Å²) in [6.45, 7) is 2.51. The van der Waals surface area contributed by atoms with Crippen molar-refractivity contribution in [1.82, 2.24) is 15.2 Å². The Morgan fingerprint density at radius 3 is 3.07 bits per heavy atom. The maximum absolute atomic E-state index is 8.76. The van der Waals surface area contributed by atoms with E-state index in [-0.39, 0.29) is 6.61 Å². The molecule has 0 spiro atoms. The van der Waals surface area contributed by atoms with Gasteiger partial charge in [0.15, 0.2) is 0 Å². The smallest absolute Gasteiger partial charge is 0.135 e. The summed E-state index contributed by atoms with van der Waals surface area (Å²) < 4.78 is 0.772. The predicted molar refractivity (Wildman–Crippen MR) is 61.9 cm³/mol. The Labute approximate surface area is 95.0 Å². The molecule has 0 aliphatic heterocycles. The number of pyridine rings is 1. The van der Waals surface area contributed by atoms with E-state index < -0.39 is 0 Å². The zero-order chi connectivity index (χ0) is 10.8. The number of halogens is 1. The van der Waals surface area contributed by atoms with E-state index in [2.05, 4.69) is 36.4 Å². The molecule has 2 rings (SSSR count). The molecule has 80 valence electrons. The lowest BCUT2D eigenvalue weighted by atomic mass is 10.3. The number of H-pyrrole nitrogens is 1. The Bertz CT molecular complexity index is 482. The molecule has 0 bridgehead atoms. The maximum Gasteiger partial charge on any atom is 0.135 e. The van der Waals surface area contributed by atoms with Crippen LogP contribution in [0.1, 0.15) is 5.69 Å². The molecule has 3 N–H and O–H groups in total. The SMILES string of the molecule is Cc1cc(NCCO)c2n[nH]c(Br)c2n1. The van der Waals surface area contributed by atoms with Gasteiger partial charge in [0.1, 0.15) is 15.6 Å². The standard InChI is InChI=1S/C9H11BrN4O/c1-5-4-6(11-2-3-15)7-8(12-5)9(10)14-13-7/h4,15H,2-3H2,1H3,(H,11,12)(H,13,14). The first-order valence-corrected chi connectivity index (χ1v) is 5.37. The minimum absolute atomic E-state index is 0.0917. The molecule has 0 aliphatic carbocycles. The monoisotopic (exact) mass is 270 g/mol. The number of aryl methyl sites for hydroxylation is 1. The summed E-state index contributed by atoms with van der Waals surface area (Å²) in [6.07, 6.45) is 0. The molecule has 0 fully saturated rings. The van der Waals surface area contributed by atoms with E-state index in [0.717, 1.165) is 27.0 Å². The second kappa shape index (κ2) is 4.16. The fourth-order valence-electron chi connectivity index (χ4n) is 1.42. The Kier molecular flexibility index (Phi) is 2.88. The van der Waals surface area contributed by atoms with E-state index in [9.17, 15) is 0 Å². The van der Waals surface area contributed by atoms with Gasteiger partial charge >= 0.3 is 0 Å². The van der Waals surface area contributed by atoms with Crippen molar-refractivity contribution in [2.45, 2.75) is 6.92 Å². The van der Waals surface area contributed by atoms with Gasteiger partial charge in [0.25, 0.3) is 0 Å². The highest BCUT2D eigenvalue weighted by Crippen LogP contribution is 2.25. The Balaban J connectivity index is 2.52. The molecule has 0 radical (unpaired) electrons. The van der Waals surface area contributed by atoms with Crippen molar-refractivity contribution in [3.63, 3.8) is 0 Å². The third kappa shape index (κ3) is 1.95. The molecule has 2 aromatic heterocycles. The van der Waals surface area contributed by atoms with Gasteiger partial charge in [-0.2, -0.15) is 5.10 Å². The van der Waals surface area contributed by atoms with Crippen LogP contribution in [0.25, 0.3) is 11.0 Å². The number of aliphatic hydroxyl groups is 1. The van der Waals surface area contributed by atoms with Crippen molar-refractivity contribution in [1.29, 1.82) is 0 Å². The second-order valence-corrected chi connectivity index (χ2v) is 3.99. The van der Waals surface area contributed by atoms with E-state index in [0.29, 0.717) is 6.54 Å². The molecule has 0 aromatic carbocycles. The first-order chi connectivity index (χ1) is 7.22. The second-order valence-electron chi connectivity index (χ2n) is 3.20. The zero-order valence-electron chi connectivity index (χ0n) is 8.21. The molecule has 15 heavy (non-hydrogen) atoms. The predicted octanol–water partition coefficient (Wildman–Crippen LogP) is 1.43. The number of anilines is 1. The Morgan fingerprint density at radius 1 is 1.53 bits per heavy atom. The summed E-state index contributed by atoms with van der Waals surface area (Å²) in [6, 6.07) is 1.91. The average molecular weight is 271 g/mol. The van der Waals surface area contributed by atoms with Crippen molar-refractivity contribution in [3.8, 4) is 0 Å². The first kappa shape index (κ1) is 10.4. The molecule has 0 atom stereocenters. The molecule has 6 heteroatoms. The summed E-state index contributed by atoms with van der Waals surface area (Å²) in [5.74, 6) is 0. The molecule has 2 aromatic rings. The number of hydrogen-bond donors (Lipinski definition) is 3. The lowest BCUT2D eigenvalue weighted by Gasteiger charge is -2.05. The molecular weight excluding hydrogens is 260 g/mol. The van der Waals surface area contributed by atoms with E-state index in [1.807, 2.05) is 13.0 Å². The van der Waals surface area contributed by atoms with Gasteiger partial charge in [0.05, 0.1) is 12.3 Å². The normalized spacial score (nSPS) is 10.9. The summed E-state index contributed by atoms with van der Waals surface area (Å²) in [7, 11) is 0. The minimum atomic E-state index is 0.0917. The lowest BCUT2D eigenvalue weighted by Crippen LogP contribution is -2.06. The van der Waals surface area contributed by atoms with Crippen LogP contribution in [0, 0.1) is 6.92 Å². The van der Waals surface area contributed by atoms with Crippen LogP contribution in [0.3, 0.4) is 0 Å². The average Bonchev–Trinajstić information content (AvgIpc) is 2.57. The van der Waals surface area contributed by atoms with E-state index in [1.165, 1.54) is 0 Å². The molecule has 2 heterocycles. The fourth-order valence-corrected chi connectivity index (χ4v) is 1.78. The number of nitrogens with one attached hydrogen (secondary N) is 2. The molecule has 0 aliphatic rings. The third-order valence-electron chi connectivity index (χ3n) is 2.02. The molecular formula is C9H11BrN4O. The summed E-state index contributed by atoms with van der Waals surface area (Å²) >= 11 is 3.35. The number of nitrogens with zero attached hydrogens (tertiary/aromatic N) is 2. The van der Waals surface area contributed by atoms with Gasteiger partial charge in [-0.05, 0) is 28.9 Å². The van der Waals surface area contributed by atoms with Crippen molar-refractivity contribution >= 4 is 32.7 Å². The fraction of sp³-hybridized carbons (Fsp3) is 0.333. The van der Waals surface area contributed by atoms with E-state index in [1.54, 1.807) is 0 Å². The zero-order valence-corrected chi connectivity index (χ0v) is 9.80. The highest BCUT2D eigenvalue weighted by Gasteiger charge is 2.09. The van der Waals surface area contributed by atoms with Crippen molar-refractivity contribution < 1.29 is 5.11 Å². The summed E-state index contributed by atoms with van der Waals surface area (Å²) in [4.78, 5) is 4.36. The van der Waals surface area contributed by atoms with Crippen LogP contribution in [-0.4, -0.2) is 33.4 Å². The molecule has 0 amide bonds. The van der Waals surface area contributed by atoms with Crippen LogP contribution >= 0.6 is 15.9 Å². The maximum atomic E-state index is 8.76. The van der Waals surface area contributed by atoms with Gasteiger partial charge in [0, 0.05) is 12.2 Å². The minimum Gasteiger partial charge on any atom is -0.395 e. The molecule has 0 saturated heterocycles. The molecule has 5 nitrogen and oxygen atoms in total. The van der Waals surface area contributed by atoms with Gasteiger partial charge in [-0.1, -0.05) is 0 Å². The van der Waals surface area contributed by atoms with Crippen molar-refractivity contribution in [2.75, 3.05) is 18.5 Å². The van der Waals surface area contributed by atoms with E-state index in [4.69, 9.17) is 5.11 Å². The van der Waals surface area contributed by atoms with Gasteiger partial charge in [-0.15, -0.1) is 0 Å². The summed E-state index contributed by atoms with van der Waals surface area (Å²) in [5, 5.41) is 18.8. The highest BCUT2D eigenvalue weighted by molar-refractivity contribution is 9.10. The Hall–Kier alpha value is -1.14. The number of aliphatic hydroxyl groups excluding tert-OH is 1. The Morgan fingerprint density at radius 2 is 2.33 bits per heavy atom. The van der Waals surface area contributed by atoms with Crippen LogP contribution in [0.5, 0.6) is 0 Å². The van der Waals surface area contributed by atoms with Crippen LogP contribution in [-0.2, 0) is 0 Å². The number of rotatable bonds is 3. The number of hydrogen-bond acceptors (Lipinski definition) is 4. The topological polar surface area (TPSA) is 73.8 Å². The third-order valence-corrected chi connectivity index (χ3v) is 2.57. The van der Waals surface area contributed by atoms with Gasteiger partial charge in [-0.25, -0.2) is 4.98 Å². The largest absolute Gasteiger partial charge is 0.395 e. The van der Waals surface area contributed by atoms with Gasteiger partial charge in [-0.3, -0.25) is 5.10 Å². The van der Waals surface area contributed by atoms with E-state index >= 15 is 0 Å². The van der Waals surface area contributed by atoms with Crippen molar-refractivity contribution in [2.24, 2.45) is 0 Å². The highest BCUT2D eigenvalue weighted by atomic mass is 79.9. The number of fused-ring (bicyclic) bond motifs is 1. The van der Waals surface area contributed by atoms with Crippen LogP contribution in [0.4, 0.5) is 5.69 Å². The van der Waals surface area contributed by atoms with Crippen LogP contribution in [0.2, 0.25) is 0 Å². The van der Waals surface area contributed by atoms with Gasteiger partial charge < -0.3 is 10.4 Å². The number of aromatic amines is 1. The van der Waals surface area contributed by atoms with Gasteiger partial charge in [0.2, 0.25) is 0 Å². The van der Waals surface area contributed by atoms with Crippen LogP contribution in [0.15, 0.2) is 10.7 Å².